The van der Waals surface area contributed by atoms with E-state index in [1.807, 2.05) is 21.6 Å². The van der Waals surface area contributed by atoms with Crippen molar-refractivity contribution in [3.8, 4) is 11.4 Å². The van der Waals surface area contributed by atoms with E-state index >= 15 is 0 Å². The molecule has 5 rings (SSSR count). The first-order valence-electron chi connectivity index (χ1n) is 9.80. The highest BCUT2D eigenvalue weighted by molar-refractivity contribution is 5.79. The smallest absolute Gasteiger partial charge is 0.261 e. The Labute approximate surface area is 157 Å². The highest BCUT2D eigenvalue weighted by atomic mass is 16.5. The maximum absolute atomic E-state index is 13.0. The van der Waals surface area contributed by atoms with Crippen molar-refractivity contribution >= 4 is 5.91 Å². The van der Waals surface area contributed by atoms with Crippen molar-refractivity contribution < 1.29 is 9.53 Å². The summed E-state index contributed by atoms with van der Waals surface area (Å²) < 4.78 is 7.31. The average Bonchev–Trinajstić information content (AvgIpc) is 3.23. The van der Waals surface area contributed by atoms with Crippen LogP contribution in [0.25, 0.3) is 11.4 Å². The van der Waals surface area contributed by atoms with Gasteiger partial charge in [-0.2, -0.15) is 0 Å². The molecular weight excluding hydrogens is 344 g/mol. The Morgan fingerprint density at radius 2 is 2.04 bits per heavy atom. The lowest BCUT2D eigenvalue weighted by Gasteiger charge is -2.44. The SMILES string of the molecule is O=C(C1CCOCC1)N1C[C@@H]2C[C@H](C1)c1ccc(-c3ncc[nH]3)c(=O)n1C2. The van der Waals surface area contributed by atoms with Gasteiger partial charge in [-0.1, -0.05) is 0 Å². The number of aromatic amines is 1. The Balaban J connectivity index is 1.42. The number of nitrogens with zero attached hydrogens (tertiary/aromatic N) is 3. The number of hydrogen-bond donors (Lipinski definition) is 1. The van der Waals surface area contributed by atoms with Crippen molar-refractivity contribution in [3.05, 3.63) is 40.6 Å². The standard InChI is InChI=1S/C20H24N4O3/c25-19(14-3-7-27-8-4-14)23-10-13-9-15(12-23)17-2-1-16(18-21-5-6-22-18)20(26)24(17)11-13/h1-2,5-6,13-15H,3-4,7-12H2,(H,21,22)/t13-,15+/m0/s1. The van der Waals surface area contributed by atoms with E-state index in [0.29, 0.717) is 43.6 Å². The minimum absolute atomic E-state index is 0.0151. The molecule has 0 radical (unpaired) electrons. The number of nitrogens with one attached hydrogen (secondary N) is 1. The third-order valence-electron chi connectivity index (χ3n) is 6.24. The predicted octanol–water partition coefficient (Wildman–Crippen LogP) is 1.61. The fourth-order valence-corrected chi connectivity index (χ4v) is 4.92. The average molecular weight is 368 g/mol. The van der Waals surface area contributed by atoms with Gasteiger partial charge in [0, 0.05) is 62.8 Å². The molecule has 2 aromatic rings. The molecule has 1 N–H and O–H groups in total. The Morgan fingerprint density at radius 1 is 1.19 bits per heavy atom. The summed E-state index contributed by atoms with van der Waals surface area (Å²) in [4.78, 5) is 35.3. The molecule has 0 spiro atoms. The number of rotatable bonds is 2. The molecule has 2 aromatic heterocycles. The molecule has 3 aliphatic rings. The normalized spacial score (nSPS) is 25.3. The van der Waals surface area contributed by atoms with Gasteiger partial charge in [0.2, 0.25) is 5.91 Å². The summed E-state index contributed by atoms with van der Waals surface area (Å²) >= 11 is 0. The molecule has 27 heavy (non-hydrogen) atoms. The third-order valence-corrected chi connectivity index (χ3v) is 6.24. The van der Waals surface area contributed by atoms with Gasteiger partial charge < -0.3 is 19.2 Å². The van der Waals surface area contributed by atoms with Crippen LogP contribution >= 0.6 is 0 Å². The lowest BCUT2D eigenvalue weighted by molar-refractivity contribution is -0.141. The van der Waals surface area contributed by atoms with E-state index < -0.39 is 0 Å². The summed E-state index contributed by atoms with van der Waals surface area (Å²) in [5.74, 6) is 1.56. The molecule has 5 heterocycles. The number of pyridine rings is 1. The quantitative estimate of drug-likeness (QED) is 0.873. The molecule has 3 aliphatic heterocycles. The second-order valence-corrected chi connectivity index (χ2v) is 7.95. The van der Waals surface area contributed by atoms with Crippen LogP contribution in [0.2, 0.25) is 0 Å². The molecule has 7 heteroatoms. The molecule has 0 aromatic carbocycles. The Hall–Kier alpha value is -2.41. The lowest BCUT2D eigenvalue weighted by Crippen LogP contribution is -2.51. The van der Waals surface area contributed by atoms with Crippen LogP contribution in [0.1, 0.15) is 30.9 Å². The molecule has 0 saturated carbocycles. The monoisotopic (exact) mass is 368 g/mol. The molecule has 142 valence electrons. The number of fused-ring (bicyclic) bond motifs is 4. The van der Waals surface area contributed by atoms with Crippen molar-refractivity contribution in [2.24, 2.45) is 11.8 Å². The van der Waals surface area contributed by atoms with Crippen LogP contribution in [0.4, 0.5) is 0 Å². The van der Waals surface area contributed by atoms with E-state index in [-0.39, 0.29) is 23.3 Å². The van der Waals surface area contributed by atoms with Crippen LogP contribution in [-0.2, 0) is 16.1 Å². The summed E-state index contributed by atoms with van der Waals surface area (Å²) in [7, 11) is 0. The number of H-pyrrole nitrogens is 1. The second-order valence-electron chi connectivity index (χ2n) is 7.95. The number of imidazole rings is 1. The topological polar surface area (TPSA) is 80.2 Å². The molecule has 2 atom stereocenters. The van der Waals surface area contributed by atoms with Gasteiger partial charge >= 0.3 is 0 Å². The zero-order valence-electron chi connectivity index (χ0n) is 15.3. The highest BCUT2D eigenvalue weighted by Gasteiger charge is 2.38. The number of hydrogen-bond acceptors (Lipinski definition) is 4. The first-order chi connectivity index (χ1) is 13.2. The van der Waals surface area contributed by atoms with Crippen molar-refractivity contribution in [2.45, 2.75) is 31.7 Å². The third kappa shape index (κ3) is 2.90. The van der Waals surface area contributed by atoms with E-state index in [1.165, 1.54) is 0 Å². The number of carbonyl (C=O) groups excluding carboxylic acids is 1. The van der Waals surface area contributed by atoms with E-state index in [2.05, 4.69) is 9.97 Å². The molecule has 1 amide bonds. The van der Waals surface area contributed by atoms with Gasteiger partial charge in [-0.15, -0.1) is 0 Å². The number of likely N-dealkylation sites (tertiary alicyclic amines) is 1. The van der Waals surface area contributed by atoms with Crippen LogP contribution < -0.4 is 5.56 Å². The molecule has 7 nitrogen and oxygen atoms in total. The zero-order chi connectivity index (χ0) is 18.4. The fourth-order valence-electron chi connectivity index (χ4n) is 4.92. The Morgan fingerprint density at radius 3 is 2.81 bits per heavy atom. The summed E-state index contributed by atoms with van der Waals surface area (Å²) in [5.41, 5.74) is 1.68. The van der Waals surface area contributed by atoms with E-state index in [1.54, 1.807) is 12.4 Å². The Kier molecular flexibility index (Phi) is 4.11. The van der Waals surface area contributed by atoms with E-state index in [0.717, 1.165) is 31.5 Å². The van der Waals surface area contributed by atoms with Crippen LogP contribution in [0, 0.1) is 11.8 Å². The number of ether oxygens (including phenoxy) is 1. The van der Waals surface area contributed by atoms with Gasteiger partial charge in [0.05, 0.1) is 5.56 Å². The van der Waals surface area contributed by atoms with Gasteiger partial charge in [0.15, 0.2) is 0 Å². The summed E-state index contributed by atoms with van der Waals surface area (Å²) in [6, 6.07) is 3.91. The second kappa shape index (κ2) is 6.64. The lowest BCUT2D eigenvalue weighted by atomic mass is 9.82. The molecule has 2 saturated heterocycles. The van der Waals surface area contributed by atoms with Gasteiger partial charge in [-0.25, -0.2) is 4.98 Å². The van der Waals surface area contributed by atoms with Crippen LogP contribution in [0.15, 0.2) is 29.3 Å². The summed E-state index contributed by atoms with van der Waals surface area (Å²) in [6.45, 7) is 3.52. The van der Waals surface area contributed by atoms with Gasteiger partial charge in [-0.05, 0) is 37.3 Å². The first kappa shape index (κ1) is 16.7. The minimum Gasteiger partial charge on any atom is -0.381 e. The number of carbonyl (C=O) groups is 1. The Bertz CT molecular complexity index is 898. The molecule has 2 bridgehead atoms. The molecule has 2 fully saturated rings. The molecule has 0 aliphatic carbocycles. The van der Waals surface area contributed by atoms with Gasteiger partial charge in [0.25, 0.3) is 5.56 Å². The van der Waals surface area contributed by atoms with Crippen LogP contribution in [0.5, 0.6) is 0 Å². The van der Waals surface area contributed by atoms with Crippen molar-refractivity contribution in [3.63, 3.8) is 0 Å². The van der Waals surface area contributed by atoms with E-state index in [4.69, 9.17) is 4.74 Å². The minimum atomic E-state index is 0.0151. The number of aromatic nitrogens is 3. The van der Waals surface area contributed by atoms with Crippen molar-refractivity contribution in [1.82, 2.24) is 19.4 Å². The van der Waals surface area contributed by atoms with Crippen molar-refractivity contribution in [1.29, 1.82) is 0 Å². The van der Waals surface area contributed by atoms with Crippen molar-refractivity contribution in [2.75, 3.05) is 26.3 Å². The predicted molar refractivity (Wildman–Crippen MR) is 99.3 cm³/mol. The summed E-state index contributed by atoms with van der Waals surface area (Å²) in [5, 5.41) is 0. The van der Waals surface area contributed by atoms with Gasteiger partial charge in [-0.3, -0.25) is 9.59 Å². The summed E-state index contributed by atoms with van der Waals surface area (Å²) in [6.07, 6.45) is 6.10. The van der Waals surface area contributed by atoms with E-state index in [9.17, 15) is 9.59 Å². The maximum Gasteiger partial charge on any atom is 0.261 e. The van der Waals surface area contributed by atoms with Gasteiger partial charge in [0.1, 0.15) is 5.82 Å². The highest BCUT2D eigenvalue weighted by Crippen LogP contribution is 2.36. The van der Waals surface area contributed by atoms with Crippen LogP contribution in [0.3, 0.4) is 0 Å². The number of amides is 1. The molecular formula is C20H24N4O3. The fraction of sp³-hybridized carbons (Fsp3) is 0.550. The van der Waals surface area contributed by atoms with Crippen LogP contribution in [-0.4, -0.2) is 51.6 Å². The largest absolute Gasteiger partial charge is 0.381 e. The number of piperidine rings is 1. The first-order valence-corrected chi connectivity index (χ1v) is 9.80. The zero-order valence-corrected chi connectivity index (χ0v) is 15.3. The maximum atomic E-state index is 13.0. The molecule has 0 unspecified atom stereocenters.